The summed E-state index contributed by atoms with van der Waals surface area (Å²) < 4.78 is 0. The monoisotopic (exact) mass is 237 g/mol. The summed E-state index contributed by atoms with van der Waals surface area (Å²) in [5.74, 6) is 7.27. The summed E-state index contributed by atoms with van der Waals surface area (Å²) in [5.41, 5.74) is 2.49. The number of aliphatic hydroxyl groups excluding tert-OH is 1. The largest absolute Gasteiger partial charge is 0.393 e. The predicted octanol–water partition coefficient (Wildman–Crippen LogP) is 0.725. The van der Waals surface area contributed by atoms with Gasteiger partial charge in [-0.1, -0.05) is 0 Å². The number of nitrogens with two attached hydrogens (primary N) is 1. The lowest BCUT2D eigenvalue weighted by Gasteiger charge is -2.25. The van der Waals surface area contributed by atoms with Gasteiger partial charge in [-0.15, -0.1) is 0 Å². The normalized spacial score (nSPS) is 24.4. The van der Waals surface area contributed by atoms with Crippen molar-refractivity contribution in [2.24, 2.45) is 11.8 Å². The first kappa shape index (κ1) is 12.1. The van der Waals surface area contributed by atoms with Gasteiger partial charge in [-0.3, -0.25) is 0 Å². The first-order chi connectivity index (χ1) is 8.28. The fraction of sp³-hybridized carbons (Fsp3) is 0.636. The number of hydrogen-bond donors (Lipinski definition) is 4. The Morgan fingerprint density at radius 3 is 2.65 bits per heavy atom. The molecule has 0 aromatic carbocycles. The topological polar surface area (TPSA) is 96.1 Å². The van der Waals surface area contributed by atoms with E-state index in [2.05, 4.69) is 20.7 Å². The highest BCUT2D eigenvalue weighted by Gasteiger charge is 2.18. The third kappa shape index (κ3) is 3.54. The van der Waals surface area contributed by atoms with Crippen LogP contribution in [0.4, 0.5) is 11.6 Å². The molecule has 6 heteroatoms. The second-order valence-electron chi connectivity index (χ2n) is 4.49. The second-order valence-corrected chi connectivity index (χ2v) is 4.49. The lowest BCUT2D eigenvalue weighted by Crippen LogP contribution is -2.23. The van der Waals surface area contributed by atoms with Gasteiger partial charge in [0.2, 0.25) is 0 Å². The standard InChI is InChI=1S/C11H19N5O/c12-16-11-5-10(14-7-15-11)13-6-8-1-3-9(17)4-2-8/h5,7-9,17H,1-4,6,12H2,(H2,13,14,15,16). The smallest absolute Gasteiger partial charge is 0.145 e. The van der Waals surface area contributed by atoms with Gasteiger partial charge >= 0.3 is 0 Å². The van der Waals surface area contributed by atoms with Crippen molar-refractivity contribution in [2.75, 3.05) is 17.3 Å². The third-order valence-corrected chi connectivity index (χ3v) is 3.20. The van der Waals surface area contributed by atoms with Crippen molar-refractivity contribution < 1.29 is 5.11 Å². The third-order valence-electron chi connectivity index (χ3n) is 3.20. The van der Waals surface area contributed by atoms with Crippen molar-refractivity contribution in [2.45, 2.75) is 31.8 Å². The van der Waals surface area contributed by atoms with Crippen LogP contribution in [0.5, 0.6) is 0 Å². The van der Waals surface area contributed by atoms with Gasteiger partial charge in [0.15, 0.2) is 0 Å². The van der Waals surface area contributed by atoms with Crippen molar-refractivity contribution in [3.63, 3.8) is 0 Å². The Morgan fingerprint density at radius 2 is 1.94 bits per heavy atom. The molecule has 17 heavy (non-hydrogen) atoms. The van der Waals surface area contributed by atoms with Crippen LogP contribution >= 0.6 is 0 Å². The van der Waals surface area contributed by atoms with Crippen LogP contribution in [0.2, 0.25) is 0 Å². The molecule has 0 radical (unpaired) electrons. The Morgan fingerprint density at radius 1 is 1.24 bits per heavy atom. The van der Waals surface area contributed by atoms with E-state index < -0.39 is 0 Å². The molecule has 0 saturated heterocycles. The van der Waals surface area contributed by atoms with Gasteiger partial charge in [-0.25, -0.2) is 15.8 Å². The number of hydrazine groups is 1. The van der Waals surface area contributed by atoms with Gasteiger partial charge in [-0.2, -0.15) is 0 Å². The molecule has 0 unspecified atom stereocenters. The minimum atomic E-state index is -0.0988. The van der Waals surface area contributed by atoms with E-state index in [-0.39, 0.29) is 6.10 Å². The molecular formula is C11H19N5O. The average Bonchev–Trinajstić information content (AvgIpc) is 2.38. The number of nitrogens with zero attached hydrogens (tertiary/aromatic N) is 2. The second kappa shape index (κ2) is 5.79. The maximum absolute atomic E-state index is 9.42. The van der Waals surface area contributed by atoms with Crippen molar-refractivity contribution in [3.05, 3.63) is 12.4 Å². The molecule has 1 aromatic heterocycles. The molecule has 1 aromatic rings. The van der Waals surface area contributed by atoms with E-state index >= 15 is 0 Å². The maximum atomic E-state index is 9.42. The van der Waals surface area contributed by atoms with E-state index in [1.54, 1.807) is 6.07 Å². The Hall–Kier alpha value is -1.40. The van der Waals surface area contributed by atoms with Crippen molar-refractivity contribution in [1.29, 1.82) is 0 Å². The van der Waals surface area contributed by atoms with Crippen LogP contribution in [0.1, 0.15) is 25.7 Å². The highest BCUT2D eigenvalue weighted by atomic mass is 16.3. The van der Waals surface area contributed by atoms with Crippen LogP contribution in [0.3, 0.4) is 0 Å². The van der Waals surface area contributed by atoms with E-state index in [1.165, 1.54) is 6.33 Å². The van der Waals surface area contributed by atoms with Crippen LogP contribution in [0.15, 0.2) is 12.4 Å². The summed E-state index contributed by atoms with van der Waals surface area (Å²) in [4.78, 5) is 8.06. The molecule has 1 fully saturated rings. The lowest BCUT2D eigenvalue weighted by atomic mass is 9.87. The molecule has 0 bridgehead atoms. The SMILES string of the molecule is NNc1cc(NCC2CCC(O)CC2)ncn1. The van der Waals surface area contributed by atoms with E-state index in [4.69, 9.17) is 5.84 Å². The quantitative estimate of drug-likeness (QED) is 0.455. The van der Waals surface area contributed by atoms with Gasteiger partial charge < -0.3 is 15.8 Å². The summed E-state index contributed by atoms with van der Waals surface area (Å²) in [5, 5.41) is 12.7. The number of aliphatic hydroxyl groups is 1. The molecule has 1 heterocycles. The summed E-state index contributed by atoms with van der Waals surface area (Å²) in [6, 6.07) is 1.78. The van der Waals surface area contributed by atoms with Crippen LogP contribution < -0.4 is 16.6 Å². The number of aromatic nitrogens is 2. The molecule has 0 spiro atoms. The molecular weight excluding hydrogens is 218 g/mol. The van der Waals surface area contributed by atoms with Crippen LogP contribution in [0, 0.1) is 5.92 Å². The molecule has 1 aliphatic rings. The zero-order valence-electron chi connectivity index (χ0n) is 9.76. The highest BCUT2D eigenvalue weighted by molar-refractivity contribution is 5.45. The van der Waals surface area contributed by atoms with Crippen molar-refractivity contribution >= 4 is 11.6 Å². The lowest BCUT2D eigenvalue weighted by molar-refractivity contribution is 0.111. The minimum absolute atomic E-state index is 0.0988. The predicted molar refractivity (Wildman–Crippen MR) is 66.3 cm³/mol. The fourth-order valence-corrected chi connectivity index (χ4v) is 2.13. The summed E-state index contributed by atoms with van der Waals surface area (Å²) in [6.45, 7) is 0.883. The molecule has 94 valence electrons. The molecule has 0 atom stereocenters. The fourth-order valence-electron chi connectivity index (χ4n) is 2.13. The van der Waals surface area contributed by atoms with Gasteiger partial charge in [0.05, 0.1) is 6.10 Å². The number of nitrogens with one attached hydrogen (secondary N) is 2. The van der Waals surface area contributed by atoms with Gasteiger partial charge in [0.1, 0.15) is 18.0 Å². The molecule has 2 rings (SSSR count). The summed E-state index contributed by atoms with van der Waals surface area (Å²) >= 11 is 0. The molecule has 1 aliphatic carbocycles. The summed E-state index contributed by atoms with van der Waals surface area (Å²) in [6.07, 6.45) is 5.33. The van der Waals surface area contributed by atoms with Gasteiger partial charge in [0.25, 0.3) is 0 Å². The number of hydrogen-bond acceptors (Lipinski definition) is 6. The zero-order valence-corrected chi connectivity index (χ0v) is 9.76. The maximum Gasteiger partial charge on any atom is 0.145 e. The van der Waals surface area contributed by atoms with E-state index in [0.717, 1.165) is 38.0 Å². The summed E-state index contributed by atoms with van der Waals surface area (Å²) in [7, 11) is 0. The highest BCUT2D eigenvalue weighted by Crippen LogP contribution is 2.24. The number of anilines is 2. The molecule has 0 aliphatic heterocycles. The van der Waals surface area contributed by atoms with Crippen LogP contribution in [-0.2, 0) is 0 Å². The zero-order chi connectivity index (χ0) is 12.1. The Kier molecular flexibility index (Phi) is 4.11. The molecule has 0 amide bonds. The van der Waals surface area contributed by atoms with Crippen molar-refractivity contribution in [3.8, 4) is 0 Å². The first-order valence-corrected chi connectivity index (χ1v) is 5.98. The first-order valence-electron chi connectivity index (χ1n) is 5.98. The number of nitrogen functional groups attached to an aromatic ring is 1. The minimum Gasteiger partial charge on any atom is -0.393 e. The Balaban J connectivity index is 1.81. The van der Waals surface area contributed by atoms with Crippen molar-refractivity contribution in [1.82, 2.24) is 9.97 Å². The van der Waals surface area contributed by atoms with E-state index in [9.17, 15) is 5.11 Å². The van der Waals surface area contributed by atoms with Gasteiger partial charge in [0, 0.05) is 12.6 Å². The molecule has 5 N–H and O–H groups in total. The van der Waals surface area contributed by atoms with Crippen LogP contribution in [0.25, 0.3) is 0 Å². The van der Waals surface area contributed by atoms with Gasteiger partial charge in [-0.05, 0) is 31.6 Å². The molecule has 1 saturated carbocycles. The number of rotatable bonds is 4. The van der Waals surface area contributed by atoms with E-state index in [0.29, 0.717) is 11.7 Å². The Labute approximate surface area is 101 Å². The average molecular weight is 237 g/mol. The Bertz CT molecular complexity index is 351. The molecule has 6 nitrogen and oxygen atoms in total. The van der Waals surface area contributed by atoms with Crippen LogP contribution in [-0.4, -0.2) is 27.7 Å². The van der Waals surface area contributed by atoms with E-state index in [1.807, 2.05) is 0 Å².